The van der Waals surface area contributed by atoms with Crippen molar-refractivity contribution in [3.05, 3.63) is 48.0 Å². The Hall–Kier alpha value is -1.52. The highest BCUT2D eigenvalue weighted by Crippen LogP contribution is 2.29. The van der Waals surface area contributed by atoms with E-state index in [2.05, 4.69) is 36.6 Å². The van der Waals surface area contributed by atoms with Crippen molar-refractivity contribution >= 4 is 0 Å². The van der Waals surface area contributed by atoms with Gasteiger partial charge in [0.15, 0.2) is 11.5 Å². The normalized spacial score (nSPS) is 29.4. The van der Waals surface area contributed by atoms with Crippen LogP contribution in [0.5, 0.6) is 0 Å². The number of ether oxygens (including phenoxy) is 3. The molecule has 1 unspecified atom stereocenters. The number of nitrogens with zero attached hydrogens (tertiary/aromatic N) is 1. The van der Waals surface area contributed by atoms with Gasteiger partial charge in [0.1, 0.15) is 12.7 Å². The van der Waals surface area contributed by atoms with Crippen molar-refractivity contribution in [2.75, 3.05) is 32.8 Å². The number of rotatable bonds is 6. The Labute approximate surface area is 158 Å². The van der Waals surface area contributed by atoms with Gasteiger partial charge in [0, 0.05) is 32.2 Å². The first-order valence-electron chi connectivity index (χ1n) is 10.1. The molecule has 0 spiro atoms. The average molecular weight is 360 g/mol. The molecule has 0 bridgehead atoms. The van der Waals surface area contributed by atoms with Gasteiger partial charge in [-0.25, -0.2) is 0 Å². The summed E-state index contributed by atoms with van der Waals surface area (Å²) in [5.41, 5.74) is 1.42. The molecule has 0 aromatic carbocycles. The molecule has 0 saturated carbocycles. The van der Waals surface area contributed by atoms with Crippen molar-refractivity contribution < 1.29 is 14.2 Å². The minimum absolute atomic E-state index is 0.0618. The molecule has 2 atom stereocenters. The lowest BCUT2D eigenvalue weighted by molar-refractivity contribution is -0.0271. The second kappa shape index (κ2) is 9.43. The SMILES string of the molecule is C=C1O[C@@H](C2C=CC(CN3CCC(OCCC)CC3)=CC2)CO/C1=C/C. The number of hydrogen-bond acceptors (Lipinski definition) is 4. The highest BCUT2D eigenvalue weighted by atomic mass is 16.6. The predicted molar refractivity (Wildman–Crippen MR) is 105 cm³/mol. The molecule has 2 saturated heterocycles. The van der Waals surface area contributed by atoms with Gasteiger partial charge in [0.05, 0.1) is 6.10 Å². The Morgan fingerprint density at radius 1 is 1.35 bits per heavy atom. The van der Waals surface area contributed by atoms with E-state index >= 15 is 0 Å². The fraction of sp³-hybridized carbons (Fsp3) is 0.636. The topological polar surface area (TPSA) is 30.9 Å². The summed E-state index contributed by atoms with van der Waals surface area (Å²) in [7, 11) is 0. The molecule has 0 aromatic rings. The molecule has 0 radical (unpaired) electrons. The summed E-state index contributed by atoms with van der Waals surface area (Å²) in [6.45, 7) is 12.9. The molecule has 3 rings (SSSR count). The van der Waals surface area contributed by atoms with Crippen LogP contribution in [-0.2, 0) is 14.2 Å². The molecule has 2 fully saturated rings. The quantitative estimate of drug-likeness (QED) is 0.711. The minimum Gasteiger partial charge on any atom is -0.486 e. The number of likely N-dealkylation sites (tertiary alicyclic amines) is 1. The average Bonchev–Trinajstić information content (AvgIpc) is 2.68. The molecular formula is C22H33NO3. The van der Waals surface area contributed by atoms with E-state index in [4.69, 9.17) is 14.2 Å². The third kappa shape index (κ3) is 5.01. The maximum Gasteiger partial charge on any atom is 0.156 e. The minimum atomic E-state index is 0.0618. The summed E-state index contributed by atoms with van der Waals surface area (Å²) in [5.74, 6) is 1.78. The summed E-state index contributed by atoms with van der Waals surface area (Å²) in [6.07, 6.45) is 13.8. The van der Waals surface area contributed by atoms with Gasteiger partial charge >= 0.3 is 0 Å². The van der Waals surface area contributed by atoms with Gasteiger partial charge in [-0.15, -0.1) is 0 Å². The fourth-order valence-corrected chi connectivity index (χ4v) is 3.83. The molecule has 0 aromatic heterocycles. The first kappa shape index (κ1) is 19.2. The van der Waals surface area contributed by atoms with Crippen LogP contribution >= 0.6 is 0 Å². The highest BCUT2D eigenvalue weighted by molar-refractivity contribution is 5.27. The van der Waals surface area contributed by atoms with E-state index in [0.29, 0.717) is 24.4 Å². The Balaban J connectivity index is 1.42. The van der Waals surface area contributed by atoms with Crippen molar-refractivity contribution in [2.45, 2.75) is 51.7 Å². The third-order valence-corrected chi connectivity index (χ3v) is 5.42. The molecule has 3 aliphatic rings. The molecule has 0 N–H and O–H groups in total. The van der Waals surface area contributed by atoms with E-state index < -0.39 is 0 Å². The zero-order chi connectivity index (χ0) is 18.4. The van der Waals surface area contributed by atoms with Crippen LogP contribution in [0.4, 0.5) is 0 Å². The van der Waals surface area contributed by atoms with Crippen LogP contribution in [0.15, 0.2) is 48.0 Å². The molecular weight excluding hydrogens is 326 g/mol. The van der Waals surface area contributed by atoms with Crippen molar-refractivity contribution in [1.29, 1.82) is 0 Å². The third-order valence-electron chi connectivity index (χ3n) is 5.42. The van der Waals surface area contributed by atoms with Gasteiger partial charge in [-0.05, 0) is 44.3 Å². The van der Waals surface area contributed by atoms with Crippen LogP contribution in [0.2, 0.25) is 0 Å². The fourth-order valence-electron chi connectivity index (χ4n) is 3.83. The number of allylic oxidation sites excluding steroid dienone is 2. The lowest BCUT2D eigenvalue weighted by Crippen LogP contribution is -2.38. The van der Waals surface area contributed by atoms with Crippen molar-refractivity contribution in [3.63, 3.8) is 0 Å². The molecule has 26 heavy (non-hydrogen) atoms. The molecule has 2 heterocycles. The second-order valence-electron chi connectivity index (χ2n) is 7.43. The van der Waals surface area contributed by atoms with E-state index in [-0.39, 0.29) is 6.10 Å². The maximum atomic E-state index is 5.97. The monoisotopic (exact) mass is 359 g/mol. The summed E-state index contributed by atoms with van der Waals surface area (Å²) in [4.78, 5) is 2.54. The number of piperidine rings is 1. The first-order valence-corrected chi connectivity index (χ1v) is 10.1. The maximum absolute atomic E-state index is 5.97. The highest BCUT2D eigenvalue weighted by Gasteiger charge is 2.29. The second-order valence-corrected chi connectivity index (χ2v) is 7.43. The molecule has 4 heteroatoms. The van der Waals surface area contributed by atoms with Crippen LogP contribution in [0.1, 0.15) is 39.5 Å². The van der Waals surface area contributed by atoms with Crippen LogP contribution in [0.25, 0.3) is 0 Å². The Morgan fingerprint density at radius 2 is 2.15 bits per heavy atom. The molecule has 144 valence electrons. The van der Waals surface area contributed by atoms with Gasteiger partial charge in [-0.2, -0.15) is 0 Å². The van der Waals surface area contributed by atoms with E-state index in [1.807, 2.05) is 13.0 Å². The molecule has 1 aliphatic carbocycles. The van der Waals surface area contributed by atoms with Crippen molar-refractivity contribution in [3.8, 4) is 0 Å². The summed E-state index contributed by atoms with van der Waals surface area (Å²) in [5, 5.41) is 0. The van der Waals surface area contributed by atoms with Gasteiger partial charge in [-0.3, -0.25) is 4.90 Å². The van der Waals surface area contributed by atoms with Gasteiger partial charge in [0.2, 0.25) is 0 Å². The Morgan fingerprint density at radius 3 is 2.77 bits per heavy atom. The summed E-state index contributed by atoms with van der Waals surface area (Å²) in [6, 6.07) is 0. The predicted octanol–water partition coefficient (Wildman–Crippen LogP) is 4.21. The lowest BCUT2D eigenvalue weighted by atomic mass is 9.91. The summed E-state index contributed by atoms with van der Waals surface area (Å²) < 4.78 is 17.6. The standard InChI is InChI=1S/C22H33NO3/c1-4-14-24-20-10-12-23(13-11-20)15-18-6-8-19(9-7-18)22-16-25-21(5-2)17(3)26-22/h5-8,19-20,22H,3-4,9-16H2,1-2H3/b21-5+/t19?,22-/m1/s1. The molecule has 2 aliphatic heterocycles. The number of hydrogen-bond donors (Lipinski definition) is 0. The lowest BCUT2D eigenvalue weighted by Gasteiger charge is -2.34. The van der Waals surface area contributed by atoms with Gasteiger partial charge < -0.3 is 14.2 Å². The van der Waals surface area contributed by atoms with Crippen LogP contribution in [0, 0.1) is 5.92 Å². The van der Waals surface area contributed by atoms with Crippen LogP contribution < -0.4 is 0 Å². The van der Waals surface area contributed by atoms with E-state index in [1.54, 1.807) is 0 Å². The first-order chi connectivity index (χ1) is 12.7. The zero-order valence-electron chi connectivity index (χ0n) is 16.3. The molecule has 4 nitrogen and oxygen atoms in total. The zero-order valence-corrected chi connectivity index (χ0v) is 16.3. The Kier molecular flexibility index (Phi) is 6.98. The Bertz CT molecular complexity index is 570. The summed E-state index contributed by atoms with van der Waals surface area (Å²) >= 11 is 0. The largest absolute Gasteiger partial charge is 0.486 e. The van der Waals surface area contributed by atoms with E-state index in [9.17, 15) is 0 Å². The van der Waals surface area contributed by atoms with E-state index in [1.165, 1.54) is 5.57 Å². The van der Waals surface area contributed by atoms with Gasteiger partial charge in [0.25, 0.3) is 0 Å². The van der Waals surface area contributed by atoms with Crippen molar-refractivity contribution in [1.82, 2.24) is 4.90 Å². The molecule has 0 amide bonds. The smallest absolute Gasteiger partial charge is 0.156 e. The van der Waals surface area contributed by atoms with Crippen LogP contribution in [-0.4, -0.2) is 50.0 Å². The van der Waals surface area contributed by atoms with E-state index in [0.717, 1.165) is 57.7 Å². The van der Waals surface area contributed by atoms with Crippen LogP contribution in [0.3, 0.4) is 0 Å². The van der Waals surface area contributed by atoms with Crippen molar-refractivity contribution in [2.24, 2.45) is 5.92 Å². The van der Waals surface area contributed by atoms with Gasteiger partial charge in [-0.1, -0.05) is 31.7 Å².